The van der Waals surface area contributed by atoms with E-state index in [9.17, 15) is 4.79 Å². The van der Waals surface area contributed by atoms with Crippen LogP contribution >= 0.6 is 0 Å². The Kier molecular flexibility index (Phi) is 4.46. The number of rotatable bonds is 6. The largest absolute Gasteiger partial charge is 0.468 e. The summed E-state index contributed by atoms with van der Waals surface area (Å²) in [7, 11) is 0. The summed E-state index contributed by atoms with van der Waals surface area (Å²) in [5.74, 6) is 1.45. The van der Waals surface area contributed by atoms with Gasteiger partial charge in [-0.05, 0) is 29.8 Å². The van der Waals surface area contributed by atoms with Crippen LogP contribution in [-0.4, -0.2) is 14.9 Å². The third-order valence-electron chi connectivity index (χ3n) is 4.86. The van der Waals surface area contributed by atoms with Gasteiger partial charge in [0.05, 0.1) is 19.4 Å². The van der Waals surface area contributed by atoms with E-state index in [2.05, 4.69) is 22.0 Å². The first-order valence-corrected chi connectivity index (χ1v) is 9.45. The van der Waals surface area contributed by atoms with Gasteiger partial charge in [0.25, 0.3) is 5.56 Å². The maximum absolute atomic E-state index is 12.6. The van der Waals surface area contributed by atoms with Crippen molar-refractivity contribution in [2.75, 3.05) is 0 Å². The van der Waals surface area contributed by atoms with Crippen molar-refractivity contribution in [1.29, 1.82) is 0 Å². The number of furan rings is 2. The molecule has 0 aliphatic carbocycles. The standard InChI is InChI=1S/C23H19N3O3/c27-23-22-21(18-10-4-5-11-19(18)29-22)24-20(25-23)15-26(14-17-9-6-12-28-17)13-16-7-2-1-3-8-16/h1-12H,13-15H2,(H,24,25,27). The van der Waals surface area contributed by atoms with Gasteiger partial charge in [0, 0.05) is 11.9 Å². The van der Waals surface area contributed by atoms with Crippen molar-refractivity contribution in [2.45, 2.75) is 19.6 Å². The summed E-state index contributed by atoms with van der Waals surface area (Å²) in [5, 5.41) is 0.843. The number of hydrogen-bond acceptors (Lipinski definition) is 5. The van der Waals surface area contributed by atoms with Crippen molar-refractivity contribution in [1.82, 2.24) is 14.9 Å². The van der Waals surface area contributed by atoms with E-state index in [1.165, 1.54) is 5.56 Å². The molecule has 29 heavy (non-hydrogen) atoms. The van der Waals surface area contributed by atoms with Crippen molar-refractivity contribution in [3.05, 3.63) is 100 Å². The van der Waals surface area contributed by atoms with E-state index in [1.807, 2.05) is 54.6 Å². The second-order valence-corrected chi connectivity index (χ2v) is 7.00. The van der Waals surface area contributed by atoms with Crippen LogP contribution in [0, 0.1) is 0 Å². The summed E-state index contributed by atoms with van der Waals surface area (Å²) in [6, 6.07) is 21.6. The molecule has 0 radical (unpaired) electrons. The van der Waals surface area contributed by atoms with Crippen LogP contribution in [0.1, 0.15) is 17.1 Å². The number of para-hydroxylation sites is 1. The van der Waals surface area contributed by atoms with Crippen molar-refractivity contribution < 1.29 is 8.83 Å². The highest BCUT2D eigenvalue weighted by Crippen LogP contribution is 2.24. The quantitative estimate of drug-likeness (QED) is 0.467. The number of aromatic nitrogens is 2. The van der Waals surface area contributed by atoms with Crippen molar-refractivity contribution in [2.24, 2.45) is 0 Å². The molecule has 5 aromatic rings. The number of fused-ring (bicyclic) bond motifs is 3. The van der Waals surface area contributed by atoms with E-state index >= 15 is 0 Å². The number of nitrogens with one attached hydrogen (secondary N) is 1. The lowest BCUT2D eigenvalue weighted by Crippen LogP contribution is -2.25. The summed E-state index contributed by atoms with van der Waals surface area (Å²) in [6.07, 6.45) is 1.67. The number of hydrogen-bond donors (Lipinski definition) is 1. The summed E-state index contributed by atoms with van der Waals surface area (Å²) in [6.45, 7) is 1.78. The third-order valence-corrected chi connectivity index (χ3v) is 4.86. The van der Waals surface area contributed by atoms with Crippen LogP contribution in [0.25, 0.3) is 22.1 Å². The predicted octanol–water partition coefficient (Wildman–Crippen LogP) is 4.46. The van der Waals surface area contributed by atoms with Gasteiger partial charge in [0.1, 0.15) is 22.7 Å². The van der Waals surface area contributed by atoms with Gasteiger partial charge < -0.3 is 13.8 Å². The van der Waals surface area contributed by atoms with E-state index in [0.29, 0.717) is 36.6 Å². The van der Waals surface area contributed by atoms with Gasteiger partial charge in [-0.3, -0.25) is 9.69 Å². The number of H-pyrrole nitrogens is 1. The zero-order valence-corrected chi connectivity index (χ0v) is 15.7. The lowest BCUT2D eigenvalue weighted by atomic mass is 10.2. The van der Waals surface area contributed by atoms with Gasteiger partial charge in [-0.2, -0.15) is 0 Å². The number of benzene rings is 2. The highest BCUT2D eigenvalue weighted by atomic mass is 16.3. The first kappa shape index (κ1) is 17.5. The summed E-state index contributed by atoms with van der Waals surface area (Å²) in [4.78, 5) is 22.4. The molecule has 0 saturated carbocycles. The van der Waals surface area contributed by atoms with Gasteiger partial charge in [-0.1, -0.05) is 42.5 Å². The molecule has 5 rings (SSSR count). The maximum atomic E-state index is 12.6. The monoisotopic (exact) mass is 385 g/mol. The zero-order valence-electron chi connectivity index (χ0n) is 15.7. The Bertz CT molecular complexity index is 1300. The predicted molar refractivity (Wildman–Crippen MR) is 110 cm³/mol. The van der Waals surface area contributed by atoms with Gasteiger partial charge in [-0.25, -0.2) is 4.98 Å². The molecule has 2 aromatic carbocycles. The molecule has 0 aliphatic rings. The Labute approximate surface area is 166 Å². The zero-order chi connectivity index (χ0) is 19.6. The Morgan fingerprint density at radius 2 is 1.72 bits per heavy atom. The van der Waals surface area contributed by atoms with Crippen molar-refractivity contribution in [3.63, 3.8) is 0 Å². The molecule has 0 fully saturated rings. The third kappa shape index (κ3) is 3.58. The molecule has 144 valence electrons. The maximum Gasteiger partial charge on any atom is 0.294 e. The van der Waals surface area contributed by atoms with Crippen LogP contribution in [0.5, 0.6) is 0 Å². The lowest BCUT2D eigenvalue weighted by molar-refractivity contribution is 0.221. The first-order valence-electron chi connectivity index (χ1n) is 9.45. The van der Waals surface area contributed by atoms with E-state index in [1.54, 1.807) is 6.26 Å². The van der Waals surface area contributed by atoms with Crippen molar-refractivity contribution in [3.8, 4) is 0 Å². The molecule has 6 nitrogen and oxygen atoms in total. The highest BCUT2D eigenvalue weighted by Gasteiger charge is 2.16. The molecule has 0 spiro atoms. The van der Waals surface area contributed by atoms with E-state index in [-0.39, 0.29) is 11.1 Å². The van der Waals surface area contributed by atoms with Gasteiger partial charge >= 0.3 is 0 Å². The fraction of sp³-hybridized carbons (Fsp3) is 0.130. The Morgan fingerprint density at radius 1 is 0.897 bits per heavy atom. The lowest BCUT2D eigenvalue weighted by Gasteiger charge is -2.20. The number of aromatic amines is 1. The molecule has 1 N–H and O–H groups in total. The Morgan fingerprint density at radius 3 is 2.55 bits per heavy atom. The van der Waals surface area contributed by atoms with E-state index in [4.69, 9.17) is 13.8 Å². The second-order valence-electron chi connectivity index (χ2n) is 7.00. The summed E-state index contributed by atoms with van der Waals surface area (Å²) >= 11 is 0. The molecule has 0 aliphatic heterocycles. The summed E-state index contributed by atoms with van der Waals surface area (Å²) < 4.78 is 11.2. The first-order chi connectivity index (χ1) is 14.3. The van der Waals surface area contributed by atoms with Crippen LogP contribution < -0.4 is 5.56 Å². The molecule has 6 heteroatoms. The van der Waals surface area contributed by atoms with E-state index in [0.717, 1.165) is 11.1 Å². The van der Waals surface area contributed by atoms with Gasteiger partial charge in [0.15, 0.2) is 0 Å². The van der Waals surface area contributed by atoms with Crippen LogP contribution in [0.4, 0.5) is 0 Å². The molecular weight excluding hydrogens is 366 g/mol. The fourth-order valence-electron chi connectivity index (χ4n) is 3.57. The molecule has 0 atom stereocenters. The van der Waals surface area contributed by atoms with E-state index < -0.39 is 0 Å². The van der Waals surface area contributed by atoms with Crippen LogP contribution in [-0.2, 0) is 19.6 Å². The fourth-order valence-corrected chi connectivity index (χ4v) is 3.57. The smallest absolute Gasteiger partial charge is 0.294 e. The topological polar surface area (TPSA) is 75.3 Å². The molecule has 0 bridgehead atoms. The molecule has 0 amide bonds. The van der Waals surface area contributed by atoms with Crippen LogP contribution in [0.2, 0.25) is 0 Å². The minimum absolute atomic E-state index is 0.260. The van der Waals surface area contributed by atoms with Crippen LogP contribution in [0.3, 0.4) is 0 Å². The van der Waals surface area contributed by atoms with Crippen LogP contribution in [0.15, 0.2) is 86.6 Å². The van der Waals surface area contributed by atoms with Crippen molar-refractivity contribution >= 4 is 22.1 Å². The molecule has 0 saturated heterocycles. The van der Waals surface area contributed by atoms with Gasteiger partial charge in [-0.15, -0.1) is 0 Å². The summed E-state index contributed by atoms with van der Waals surface area (Å²) in [5.41, 5.74) is 2.43. The normalized spacial score (nSPS) is 11.6. The molecule has 0 unspecified atom stereocenters. The van der Waals surface area contributed by atoms with Gasteiger partial charge in [0.2, 0.25) is 5.58 Å². The molecular formula is C23H19N3O3. The highest BCUT2D eigenvalue weighted by molar-refractivity contribution is 6.01. The average molecular weight is 385 g/mol. The SMILES string of the molecule is O=c1[nH]c(CN(Cc2ccccc2)Cc2ccco2)nc2c1oc1ccccc12. The number of nitrogens with zero attached hydrogens (tertiary/aromatic N) is 2. The average Bonchev–Trinajstić information content (AvgIpc) is 3.37. The molecule has 3 heterocycles. The minimum atomic E-state index is -0.265. The second kappa shape index (κ2) is 7.41. The Hall–Kier alpha value is -3.64. The minimum Gasteiger partial charge on any atom is -0.468 e. The Balaban J connectivity index is 1.51. The molecule has 3 aromatic heterocycles.